The Hall–Kier alpha value is -0.000000000000000111. The van der Waals surface area contributed by atoms with Crippen LogP contribution in [-0.4, -0.2) is 12.1 Å². The van der Waals surface area contributed by atoms with Crippen LogP contribution in [0, 0.1) is 3.57 Å². The van der Waals surface area contributed by atoms with Crippen LogP contribution in [0.1, 0.15) is 12.8 Å². The SMILES string of the molecule is NC1(COc2cc(Cl)cc(I)c2)CC1. The summed E-state index contributed by atoms with van der Waals surface area (Å²) in [6, 6.07) is 5.66. The second kappa shape index (κ2) is 3.87. The molecule has 0 spiro atoms. The van der Waals surface area contributed by atoms with Crippen molar-refractivity contribution < 1.29 is 4.74 Å². The molecular weight excluding hydrogens is 312 g/mol. The highest BCUT2D eigenvalue weighted by Crippen LogP contribution is 2.33. The Morgan fingerprint density at radius 2 is 2.14 bits per heavy atom. The maximum absolute atomic E-state index is 5.91. The fourth-order valence-electron chi connectivity index (χ4n) is 1.14. The minimum absolute atomic E-state index is 0.0756. The number of hydrogen-bond donors (Lipinski definition) is 1. The van der Waals surface area contributed by atoms with E-state index in [1.807, 2.05) is 18.2 Å². The van der Waals surface area contributed by atoms with Crippen molar-refractivity contribution in [1.82, 2.24) is 0 Å². The molecule has 76 valence electrons. The Balaban J connectivity index is 2.01. The first-order chi connectivity index (χ1) is 6.57. The zero-order valence-corrected chi connectivity index (χ0v) is 10.5. The fourth-order valence-corrected chi connectivity index (χ4v) is 2.20. The van der Waals surface area contributed by atoms with Crippen LogP contribution in [0.4, 0.5) is 0 Å². The number of ether oxygens (including phenoxy) is 1. The summed E-state index contributed by atoms with van der Waals surface area (Å²) in [6.07, 6.45) is 2.12. The summed E-state index contributed by atoms with van der Waals surface area (Å²) >= 11 is 8.11. The first-order valence-electron chi connectivity index (χ1n) is 4.45. The Morgan fingerprint density at radius 1 is 1.43 bits per heavy atom. The lowest BCUT2D eigenvalue weighted by Crippen LogP contribution is -2.29. The Kier molecular flexibility index (Phi) is 2.91. The third-order valence-electron chi connectivity index (χ3n) is 2.25. The summed E-state index contributed by atoms with van der Waals surface area (Å²) in [5, 5.41) is 0.703. The van der Waals surface area contributed by atoms with Crippen LogP contribution in [-0.2, 0) is 0 Å². The number of hydrogen-bond acceptors (Lipinski definition) is 2. The van der Waals surface area contributed by atoms with Crippen LogP contribution in [0.25, 0.3) is 0 Å². The Bertz CT molecular complexity index is 332. The maximum atomic E-state index is 5.91. The van der Waals surface area contributed by atoms with Crippen LogP contribution in [0.5, 0.6) is 5.75 Å². The average molecular weight is 324 g/mol. The molecule has 1 aromatic rings. The predicted molar refractivity (Wildman–Crippen MR) is 65.8 cm³/mol. The normalized spacial score (nSPS) is 17.9. The smallest absolute Gasteiger partial charge is 0.121 e. The third-order valence-corrected chi connectivity index (χ3v) is 3.10. The van der Waals surface area contributed by atoms with E-state index in [0.29, 0.717) is 11.6 Å². The fraction of sp³-hybridized carbons (Fsp3) is 0.400. The summed E-state index contributed by atoms with van der Waals surface area (Å²) in [6.45, 7) is 0.587. The van der Waals surface area contributed by atoms with Crippen molar-refractivity contribution in [3.8, 4) is 5.75 Å². The molecule has 0 aromatic heterocycles. The highest BCUT2D eigenvalue weighted by atomic mass is 127. The predicted octanol–water partition coefficient (Wildman–Crippen LogP) is 2.81. The van der Waals surface area contributed by atoms with Crippen molar-refractivity contribution in [3.05, 3.63) is 26.8 Å². The van der Waals surface area contributed by atoms with E-state index in [0.717, 1.165) is 22.2 Å². The van der Waals surface area contributed by atoms with Crippen molar-refractivity contribution in [2.24, 2.45) is 5.73 Å². The molecule has 0 saturated heterocycles. The van der Waals surface area contributed by atoms with E-state index in [-0.39, 0.29) is 5.54 Å². The first kappa shape index (κ1) is 10.5. The molecule has 2 N–H and O–H groups in total. The second-order valence-electron chi connectivity index (χ2n) is 3.76. The van der Waals surface area contributed by atoms with Crippen LogP contribution in [0.15, 0.2) is 18.2 Å². The third kappa shape index (κ3) is 2.74. The molecule has 14 heavy (non-hydrogen) atoms. The Labute approximate surface area is 102 Å². The van der Waals surface area contributed by atoms with Crippen molar-refractivity contribution in [3.63, 3.8) is 0 Å². The van der Waals surface area contributed by atoms with E-state index in [2.05, 4.69) is 22.6 Å². The van der Waals surface area contributed by atoms with Crippen molar-refractivity contribution >= 4 is 34.2 Å². The molecule has 0 bridgehead atoms. The van der Waals surface area contributed by atoms with Gasteiger partial charge in [-0.15, -0.1) is 0 Å². The van der Waals surface area contributed by atoms with Gasteiger partial charge in [-0.2, -0.15) is 0 Å². The van der Waals surface area contributed by atoms with Gasteiger partial charge >= 0.3 is 0 Å². The van der Waals surface area contributed by atoms with Crippen molar-refractivity contribution in [2.75, 3.05) is 6.61 Å². The monoisotopic (exact) mass is 323 g/mol. The molecule has 1 aliphatic carbocycles. The lowest BCUT2D eigenvalue weighted by molar-refractivity contribution is 0.279. The topological polar surface area (TPSA) is 35.2 Å². The van der Waals surface area contributed by atoms with Crippen LogP contribution in [0.2, 0.25) is 5.02 Å². The number of rotatable bonds is 3. The van der Waals surface area contributed by atoms with E-state index in [1.54, 1.807) is 0 Å². The van der Waals surface area contributed by atoms with E-state index in [1.165, 1.54) is 0 Å². The van der Waals surface area contributed by atoms with Gasteiger partial charge in [-0.25, -0.2) is 0 Å². The summed E-state index contributed by atoms with van der Waals surface area (Å²) in [7, 11) is 0. The molecular formula is C10H11ClINO. The molecule has 0 unspecified atom stereocenters. The molecule has 1 fully saturated rings. The molecule has 0 heterocycles. The average Bonchev–Trinajstić information content (AvgIpc) is 2.80. The molecule has 0 amide bonds. The molecule has 0 aliphatic heterocycles. The molecule has 2 rings (SSSR count). The van der Waals surface area contributed by atoms with Gasteiger partial charge in [-0.3, -0.25) is 0 Å². The molecule has 2 nitrogen and oxygen atoms in total. The second-order valence-corrected chi connectivity index (χ2v) is 5.44. The molecule has 0 atom stereocenters. The molecule has 4 heteroatoms. The summed E-state index contributed by atoms with van der Waals surface area (Å²) < 4.78 is 6.66. The standard InChI is InChI=1S/C10H11ClINO/c11-7-3-8(12)5-9(4-7)14-6-10(13)1-2-10/h3-5H,1-2,6,13H2. The number of halogens is 2. The van der Waals surface area contributed by atoms with Gasteiger partial charge in [0, 0.05) is 8.59 Å². The summed E-state index contributed by atoms with van der Waals surface area (Å²) in [5.74, 6) is 0.804. The van der Waals surface area contributed by atoms with E-state index < -0.39 is 0 Å². The van der Waals surface area contributed by atoms with Gasteiger partial charge in [-0.1, -0.05) is 11.6 Å². The van der Waals surface area contributed by atoms with Gasteiger partial charge in [0.15, 0.2) is 0 Å². The van der Waals surface area contributed by atoms with Gasteiger partial charge in [0.05, 0.1) is 5.54 Å². The van der Waals surface area contributed by atoms with Crippen molar-refractivity contribution in [2.45, 2.75) is 18.4 Å². The first-order valence-corrected chi connectivity index (χ1v) is 5.91. The van der Waals surface area contributed by atoms with E-state index >= 15 is 0 Å². The zero-order chi connectivity index (χ0) is 10.2. The minimum atomic E-state index is -0.0756. The number of nitrogens with two attached hydrogens (primary N) is 1. The number of benzene rings is 1. The zero-order valence-electron chi connectivity index (χ0n) is 7.59. The van der Waals surface area contributed by atoms with Crippen LogP contribution >= 0.6 is 34.2 Å². The van der Waals surface area contributed by atoms with E-state index in [9.17, 15) is 0 Å². The van der Waals surface area contributed by atoms with Gasteiger partial charge in [0.1, 0.15) is 12.4 Å². The summed E-state index contributed by atoms with van der Waals surface area (Å²) in [4.78, 5) is 0. The van der Waals surface area contributed by atoms with Crippen molar-refractivity contribution in [1.29, 1.82) is 0 Å². The molecule has 0 radical (unpaired) electrons. The highest BCUT2D eigenvalue weighted by Gasteiger charge is 2.39. The Morgan fingerprint density at radius 3 is 2.71 bits per heavy atom. The van der Waals surface area contributed by atoms with Crippen LogP contribution < -0.4 is 10.5 Å². The quantitative estimate of drug-likeness (QED) is 0.868. The highest BCUT2D eigenvalue weighted by molar-refractivity contribution is 14.1. The van der Waals surface area contributed by atoms with Gasteiger partial charge in [0.2, 0.25) is 0 Å². The van der Waals surface area contributed by atoms with Gasteiger partial charge < -0.3 is 10.5 Å². The maximum Gasteiger partial charge on any atom is 0.121 e. The van der Waals surface area contributed by atoms with Gasteiger partial charge in [0.25, 0.3) is 0 Å². The molecule has 1 aliphatic rings. The molecule has 1 aromatic carbocycles. The van der Waals surface area contributed by atoms with E-state index in [4.69, 9.17) is 22.1 Å². The minimum Gasteiger partial charge on any atom is -0.492 e. The largest absolute Gasteiger partial charge is 0.492 e. The van der Waals surface area contributed by atoms with Gasteiger partial charge in [-0.05, 0) is 53.6 Å². The summed E-state index contributed by atoms with van der Waals surface area (Å²) in [5.41, 5.74) is 5.84. The molecule has 1 saturated carbocycles. The lowest BCUT2D eigenvalue weighted by atomic mass is 10.3. The lowest BCUT2D eigenvalue weighted by Gasteiger charge is -2.11. The van der Waals surface area contributed by atoms with Crippen LogP contribution in [0.3, 0.4) is 0 Å².